The highest BCUT2D eigenvalue weighted by molar-refractivity contribution is 5.94. The van der Waals surface area contributed by atoms with Crippen LogP contribution in [0, 0.1) is 25.7 Å². The normalized spacial score (nSPS) is 29.9. The summed E-state index contributed by atoms with van der Waals surface area (Å²) in [5, 5.41) is 3.05. The van der Waals surface area contributed by atoms with Gasteiger partial charge in [-0.05, 0) is 64.0 Å². The van der Waals surface area contributed by atoms with Crippen molar-refractivity contribution in [3.05, 3.63) is 34.9 Å². The van der Waals surface area contributed by atoms with Crippen LogP contribution in [0.1, 0.15) is 60.5 Å². The number of likely N-dealkylation sites (tertiary alicyclic amines) is 1. The summed E-state index contributed by atoms with van der Waals surface area (Å²) in [5.74, 6) is 1.05. The molecular weight excluding hydrogens is 352 g/mol. The number of nitrogens with zero attached hydrogens (tertiary/aromatic N) is 1. The van der Waals surface area contributed by atoms with E-state index in [1.54, 1.807) is 0 Å². The Bertz CT molecular complexity index is 753. The van der Waals surface area contributed by atoms with Gasteiger partial charge in [-0.2, -0.15) is 0 Å². The summed E-state index contributed by atoms with van der Waals surface area (Å²) in [4.78, 5) is 27.4. The van der Waals surface area contributed by atoms with Gasteiger partial charge in [-0.15, -0.1) is 0 Å². The maximum absolute atomic E-state index is 13.0. The van der Waals surface area contributed by atoms with E-state index in [0.29, 0.717) is 19.0 Å². The number of benzene rings is 1. The molecule has 1 aromatic carbocycles. The molecule has 0 aromatic heterocycles. The smallest absolute Gasteiger partial charge is 0.253 e. The molecule has 0 radical (unpaired) electrons. The van der Waals surface area contributed by atoms with Crippen molar-refractivity contribution in [1.29, 1.82) is 0 Å². The fourth-order valence-electron chi connectivity index (χ4n) is 4.81. The number of hydrogen-bond acceptors (Lipinski definition) is 3. The number of aryl methyl sites for hydroxylation is 2. The van der Waals surface area contributed by atoms with Crippen LogP contribution >= 0.6 is 0 Å². The van der Waals surface area contributed by atoms with Crippen molar-refractivity contribution in [1.82, 2.24) is 10.2 Å². The summed E-state index contributed by atoms with van der Waals surface area (Å²) in [7, 11) is 0. The molecule has 28 heavy (non-hydrogen) atoms. The molecule has 3 fully saturated rings. The van der Waals surface area contributed by atoms with Gasteiger partial charge < -0.3 is 15.0 Å². The minimum Gasteiger partial charge on any atom is -0.362 e. The van der Waals surface area contributed by atoms with Gasteiger partial charge in [0.05, 0.1) is 5.60 Å². The Hall–Kier alpha value is -1.88. The number of hydrogen-bond donors (Lipinski definition) is 1. The SMILES string of the molecule is Cc1cc(C)cc(C(=O)N2CCC3(CCC(C(=O)NCC4CC4)O3)C(C)C2)c1. The van der Waals surface area contributed by atoms with Gasteiger partial charge in [-0.1, -0.05) is 24.1 Å². The number of carbonyl (C=O) groups excluding carboxylic acids is 2. The second-order valence-electron chi connectivity index (χ2n) is 9.18. The Morgan fingerprint density at radius 3 is 2.50 bits per heavy atom. The first-order valence-corrected chi connectivity index (χ1v) is 10.7. The Morgan fingerprint density at radius 1 is 1.14 bits per heavy atom. The second-order valence-corrected chi connectivity index (χ2v) is 9.18. The molecule has 2 heterocycles. The molecule has 3 unspecified atom stereocenters. The topological polar surface area (TPSA) is 58.6 Å². The fourth-order valence-corrected chi connectivity index (χ4v) is 4.81. The third-order valence-electron chi connectivity index (χ3n) is 6.71. The number of piperidine rings is 1. The Labute approximate surface area is 167 Å². The number of amides is 2. The summed E-state index contributed by atoms with van der Waals surface area (Å²) in [6.07, 6.45) is 4.63. The van der Waals surface area contributed by atoms with Crippen molar-refractivity contribution in [2.45, 2.75) is 64.6 Å². The van der Waals surface area contributed by atoms with Gasteiger partial charge in [0.25, 0.3) is 5.91 Å². The van der Waals surface area contributed by atoms with Crippen LogP contribution in [0.3, 0.4) is 0 Å². The molecule has 5 heteroatoms. The van der Waals surface area contributed by atoms with E-state index in [4.69, 9.17) is 4.74 Å². The number of rotatable bonds is 4. The molecule has 1 aromatic rings. The largest absolute Gasteiger partial charge is 0.362 e. The van der Waals surface area contributed by atoms with E-state index >= 15 is 0 Å². The van der Waals surface area contributed by atoms with Crippen molar-refractivity contribution in [3.63, 3.8) is 0 Å². The molecule has 2 aliphatic heterocycles. The highest BCUT2D eigenvalue weighted by atomic mass is 16.5. The summed E-state index contributed by atoms with van der Waals surface area (Å²) in [5.41, 5.74) is 2.74. The lowest BCUT2D eigenvalue weighted by molar-refractivity contribution is -0.146. The molecule has 5 nitrogen and oxygen atoms in total. The van der Waals surface area contributed by atoms with Crippen molar-refractivity contribution >= 4 is 11.8 Å². The fraction of sp³-hybridized carbons (Fsp3) is 0.652. The van der Waals surface area contributed by atoms with E-state index in [9.17, 15) is 9.59 Å². The number of nitrogens with one attached hydrogen (secondary N) is 1. The average Bonchev–Trinajstić information content (AvgIpc) is 3.39. The predicted molar refractivity (Wildman–Crippen MR) is 108 cm³/mol. The van der Waals surface area contributed by atoms with Gasteiger partial charge in [0.1, 0.15) is 6.10 Å². The highest BCUT2D eigenvalue weighted by Crippen LogP contribution is 2.42. The summed E-state index contributed by atoms with van der Waals surface area (Å²) < 4.78 is 6.34. The Kier molecular flexibility index (Phi) is 5.21. The molecule has 152 valence electrons. The van der Waals surface area contributed by atoms with Crippen LogP contribution in [0.25, 0.3) is 0 Å². The lowest BCUT2D eigenvalue weighted by atomic mass is 9.80. The first-order chi connectivity index (χ1) is 13.4. The van der Waals surface area contributed by atoms with Gasteiger partial charge in [0.2, 0.25) is 5.91 Å². The zero-order chi connectivity index (χ0) is 19.9. The minimum absolute atomic E-state index is 0.0460. The van der Waals surface area contributed by atoms with E-state index in [1.807, 2.05) is 30.9 Å². The number of carbonyl (C=O) groups is 2. The summed E-state index contributed by atoms with van der Waals surface area (Å²) in [6, 6.07) is 6.03. The molecule has 0 bridgehead atoms. The third kappa shape index (κ3) is 3.95. The molecule has 1 spiro atoms. The Morgan fingerprint density at radius 2 is 1.86 bits per heavy atom. The highest BCUT2D eigenvalue weighted by Gasteiger charge is 2.49. The zero-order valence-corrected chi connectivity index (χ0v) is 17.3. The molecule has 2 amide bonds. The Balaban J connectivity index is 1.37. The molecule has 3 aliphatic rings. The van der Waals surface area contributed by atoms with Crippen LogP contribution in [-0.2, 0) is 9.53 Å². The quantitative estimate of drug-likeness (QED) is 0.867. The van der Waals surface area contributed by atoms with Crippen LogP contribution in [0.5, 0.6) is 0 Å². The van der Waals surface area contributed by atoms with Crippen LogP contribution in [0.15, 0.2) is 18.2 Å². The average molecular weight is 385 g/mol. The van der Waals surface area contributed by atoms with Gasteiger partial charge in [-0.3, -0.25) is 9.59 Å². The molecule has 1 N–H and O–H groups in total. The standard InChI is InChI=1S/C23H32N2O3/c1-15-10-16(2)12-19(11-15)22(27)25-9-8-23(17(3)14-25)7-6-20(28-23)21(26)24-13-18-4-5-18/h10-12,17-18,20H,4-9,13-14H2,1-3H3,(H,24,26). The van der Waals surface area contributed by atoms with Gasteiger partial charge in [-0.25, -0.2) is 0 Å². The van der Waals surface area contributed by atoms with Crippen molar-refractivity contribution in [2.24, 2.45) is 11.8 Å². The van der Waals surface area contributed by atoms with E-state index in [1.165, 1.54) is 12.8 Å². The molecule has 3 atom stereocenters. The van der Waals surface area contributed by atoms with Gasteiger partial charge >= 0.3 is 0 Å². The number of ether oxygens (including phenoxy) is 1. The van der Waals surface area contributed by atoms with Crippen LogP contribution < -0.4 is 5.32 Å². The predicted octanol–water partition coefficient (Wildman–Crippen LogP) is 3.23. The summed E-state index contributed by atoms with van der Waals surface area (Å²) in [6.45, 7) is 8.37. The first kappa shape index (κ1) is 19.4. The lowest BCUT2D eigenvalue weighted by Crippen LogP contribution is -2.53. The van der Waals surface area contributed by atoms with Crippen LogP contribution in [0.4, 0.5) is 0 Å². The van der Waals surface area contributed by atoms with Crippen LogP contribution in [-0.4, -0.2) is 48.1 Å². The van der Waals surface area contributed by atoms with Crippen molar-refractivity contribution < 1.29 is 14.3 Å². The maximum Gasteiger partial charge on any atom is 0.253 e. The minimum atomic E-state index is -0.331. The monoisotopic (exact) mass is 384 g/mol. The molecule has 2 saturated heterocycles. The zero-order valence-electron chi connectivity index (χ0n) is 17.3. The van der Waals surface area contributed by atoms with Gasteiger partial charge in [0.15, 0.2) is 0 Å². The second kappa shape index (κ2) is 7.51. The molecule has 1 saturated carbocycles. The maximum atomic E-state index is 13.0. The molecule has 4 rings (SSSR count). The van der Waals surface area contributed by atoms with E-state index in [2.05, 4.69) is 18.3 Å². The van der Waals surface area contributed by atoms with E-state index in [-0.39, 0.29) is 29.4 Å². The van der Waals surface area contributed by atoms with E-state index < -0.39 is 0 Å². The first-order valence-electron chi connectivity index (χ1n) is 10.7. The van der Waals surface area contributed by atoms with E-state index in [0.717, 1.165) is 42.5 Å². The van der Waals surface area contributed by atoms with Gasteiger partial charge in [0, 0.05) is 31.1 Å². The summed E-state index contributed by atoms with van der Waals surface area (Å²) >= 11 is 0. The van der Waals surface area contributed by atoms with Crippen molar-refractivity contribution in [3.8, 4) is 0 Å². The van der Waals surface area contributed by atoms with Crippen LogP contribution in [0.2, 0.25) is 0 Å². The van der Waals surface area contributed by atoms with Crippen molar-refractivity contribution in [2.75, 3.05) is 19.6 Å². The lowest BCUT2D eigenvalue weighted by Gasteiger charge is -2.44. The third-order valence-corrected chi connectivity index (χ3v) is 6.71. The molecular formula is C23H32N2O3. The molecule has 1 aliphatic carbocycles.